The van der Waals surface area contributed by atoms with E-state index in [1.165, 1.54) is 75.9 Å². The van der Waals surface area contributed by atoms with Crippen LogP contribution in [0.25, 0.3) is 0 Å². The molecule has 0 radical (unpaired) electrons. The fourth-order valence-corrected chi connectivity index (χ4v) is 4.28. The van der Waals surface area contributed by atoms with E-state index in [-0.39, 0.29) is 0 Å². The van der Waals surface area contributed by atoms with Crippen molar-refractivity contribution in [3.63, 3.8) is 0 Å². The molecule has 1 aromatic heterocycles. The van der Waals surface area contributed by atoms with Crippen LogP contribution in [0.5, 0.6) is 0 Å². The van der Waals surface area contributed by atoms with Gasteiger partial charge in [-0.25, -0.2) is 0 Å². The Morgan fingerprint density at radius 2 is 1.86 bits per heavy atom. The van der Waals surface area contributed by atoms with Gasteiger partial charge in [0.15, 0.2) is 0 Å². The monoisotopic (exact) mass is 306 g/mol. The molecule has 2 rings (SSSR count). The quantitative estimate of drug-likeness (QED) is 0.548. The Labute approximate surface area is 134 Å². The summed E-state index contributed by atoms with van der Waals surface area (Å²) in [4.78, 5) is 7.22. The van der Waals surface area contributed by atoms with Gasteiger partial charge in [-0.05, 0) is 50.2 Å². The highest BCUT2D eigenvalue weighted by atomic mass is 32.2. The molecule has 1 unspecified atom stereocenters. The van der Waals surface area contributed by atoms with Gasteiger partial charge >= 0.3 is 0 Å². The maximum Gasteiger partial charge on any atom is 0.0986 e. The first-order valence-corrected chi connectivity index (χ1v) is 9.73. The molecule has 0 saturated carbocycles. The molecule has 1 aromatic rings. The summed E-state index contributed by atoms with van der Waals surface area (Å²) in [5, 5.41) is 0.476. The van der Waals surface area contributed by atoms with Crippen molar-refractivity contribution in [2.45, 2.75) is 63.7 Å². The third-order valence-electron chi connectivity index (χ3n) is 4.19. The number of nitrogens with zero attached hydrogens (tertiary/aromatic N) is 2. The summed E-state index contributed by atoms with van der Waals surface area (Å²) < 4.78 is 0. The Balaban J connectivity index is 1.75. The number of rotatable bonds is 10. The highest BCUT2D eigenvalue weighted by Crippen LogP contribution is 2.34. The molecule has 2 nitrogen and oxygen atoms in total. The number of pyridine rings is 1. The van der Waals surface area contributed by atoms with Gasteiger partial charge in [0.05, 0.1) is 11.1 Å². The first kappa shape index (κ1) is 16.8. The van der Waals surface area contributed by atoms with Crippen LogP contribution in [0, 0.1) is 0 Å². The van der Waals surface area contributed by atoms with Crippen LogP contribution < -0.4 is 0 Å². The number of thioether (sulfide) groups is 1. The predicted molar refractivity (Wildman–Crippen MR) is 93.6 cm³/mol. The average Bonchev–Trinajstić information content (AvgIpc) is 3.05. The normalized spacial score (nSPS) is 17.2. The second kappa shape index (κ2) is 10.2. The number of aromatic nitrogens is 1. The van der Waals surface area contributed by atoms with Crippen molar-refractivity contribution < 1.29 is 0 Å². The fourth-order valence-electron chi connectivity index (χ4n) is 2.95. The Hall–Kier alpha value is -0.540. The van der Waals surface area contributed by atoms with Crippen LogP contribution >= 0.6 is 11.8 Å². The minimum atomic E-state index is 0.476. The number of hydrogen-bond donors (Lipinski definition) is 0. The van der Waals surface area contributed by atoms with Crippen molar-refractivity contribution in [3.05, 3.63) is 30.1 Å². The minimum Gasteiger partial charge on any atom is -0.286 e. The molecule has 0 spiro atoms. The number of hydrogen-bond acceptors (Lipinski definition) is 3. The lowest BCUT2D eigenvalue weighted by molar-refractivity contribution is 0.318. The molecule has 0 aromatic carbocycles. The van der Waals surface area contributed by atoms with E-state index in [1.807, 2.05) is 12.3 Å². The molecule has 0 bridgehead atoms. The lowest BCUT2D eigenvalue weighted by Crippen LogP contribution is -2.24. The Morgan fingerprint density at radius 3 is 2.57 bits per heavy atom. The standard InChI is InChI=1S/C18H30N2S/c1-2-3-4-5-6-11-16-21-18(20-14-9-10-15-20)17-12-7-8-13-19-17/h7-8,12-13,18H,2-6,9-11,14-16H2,1H3. The fraction of sp³-hybridized carbons (Fsp3) is 0.722. The van der Waals surface area contributed by atoms with E-state index >= 15 is 0 Å². The predicted octanol–water partition coefficient (Wildman–Crippen LogP) is 5.27. The molecular formula is C18H30N2S. The van der Waals surface area contributed by atoms with Crippen molar-refractivity contribution >= 4 is 11.8 Å². The Morgan fingerprint density at radius 1 is 1.10 bits per heavy atom. The van der Waals surface area contributed by atoms with E-state index in [0.717, 1.165) is 0 Å². The molecule has 1 aliphatic heterocycles. The lowest BCUT2D eigenvalue weighted by Gasteiger charge is -2.26. The third kappa shape index (κ3) is 5.99. The average molecular weight is 307 g/mol. The Bertz CT molecular complexity index is 363. The summed E-state index contributed by atoms with van der Waals surface area (Å²) in [5.41, 5.74) is 1.25. The summed E-state index contributed by atoms with van der Waals surface area (Å²) in [6, 6.07) is 6.33. The molecule has 118 valence electrons. The first-order chi connectivity index (χ1) is 10.4. The molecular weight excluding hydrogens is 276 g/mol. The van der Waals surface area contributed by atoms with Crippen molar-refractivity contribution in [2.75, 3.05) is 18.8 Å². The molecule has 2 heterocycles. The third-order valence-corrected chi connectivity index (χ3v) is 5.57. The van der Waals surface area contributed by atoms with Gasteiger partial charge in [0.25, 0.3) is 0 Å². The van der Waals surface area contributed by atoms with Gasteiger partial charge in [0.2, 0.25) is 0 Å². The van der Waals surface area contributed by atoms with Gasteiger partial charge < -0.3 is 0 Å². The molecule has 0 amide bonds. The summed E-state index contributed by atoms with van der Waals surface area (Å²) in [6.07, 6.45) is 12.9. The topological polar surface area (TPSA) is 16.1 Å². The van der Waals surface area contributed by atoms with Crippen LogP contribution in [-0.4, -0.2) is 28.7 Å². The van der Waals surface area contributed by atoms with Crippen LogP contribution in [0.1, 0.15) is 69.4 Å². The molecule has 1 fully saturated rings. The zero-order valence-corrected chi connectivity index (χ0v) is 14.3. The SMILES string of the molecule is CCCCCCCCSC(c1ccccn1)N1CCCC1. The van der Waals surface area contributed by atoms with Crippen LogP contribution in [0.4, 0.5) is 0 Å². The molecule has 0 N–H and O–H groups in total. The highest BCUT2D eigenvalue weighted by Gasteiger charge is 2.24. The van der Waals surface area contributed by atoms with Crippen LogP contribution in [0.2, 0.25) is 0 Å². The van der Waals surface area contributed by atoms with Gasteiger partial charge in [-0.2, -0.15) is 0 Å². The van der Waals surface area contributed by atoms with E-state index in [4.69, 9.17) is 0 Å². The molecule has 21 heavy (non-hydrogen) atoms. The van der Waals surface area contributed by atoms with E-state index in [1.54, 1.807) is 0 Å². The Kier molecular flexibility index (Phi) is 8.20. The van der Waals surface area contributed by atoms with Gasteiger partial charge in [-0.3, -0.25) is 9.88 Å². The van der Waals surface area contributed by atoms with E-state index in [9.17, 15) is 0 Å². The maximum atomic E-state index is 4.60. The molecule has 3 heteroatoms. The minimum absolute atomic E-state index is 0.476. The second-order valence-electron chi connectivity index (χ2n) is 5.99. The smallest absolute Gasteiger partial charge is 0.0986 e. The zero-order valence-electron chi connectivity index (χ0n) is 13.5. The lowest BCUT2D eigenvalue weighted by atomic mass is 10.1. The van der Waals surface area contributed by atoms with E-state index < -0.39 is 0 Å². The van der Waals surface area contributed by atoms with Crippen LogP contribution in [0.3, 0.4) is 0 Å². The summed E-state index contributed by atoms with van der Waals surface area (Å²) in [6.45, 7) is 4.76. The van der Waals surface area contributed by atoms with Crippen LogP contribution in [0.15, 0.2) is 24.4 Å². The van der Waals surface area contributed by atoms with Gasteiger partial charge in [0, 0.05) is 6.20 Å². The van der Waals surface area contributed by atoms with Crippen molar-refractivity contribution in [1.82, 2.24) is 9.88 Å². The van der Waals surface area contributed by atoms with Crippen molar-refractivity contribution in [1.29, 1.82) is 0 Å². The van der Waals surface area contributed by atoms with Crippen LogP contribution in [-0.2, 0) is 0 Å². The molecule has 1 aliphatic rings. The van der Waals surface area contributed by atoms with Crippen molar-refractivity contribution in [2.24, 2.45) is 0 Å². The van der Waals surface area contributed by atoms with Gasteiger partial charge in [-0.15, -0.1) is 11.8 Å². The molecule has 0 aliphatic carbocycles. The molecule has 1 saturated heterocycles. The highest BCUT2D eigenvalue weighted by molar-refractivity contribution is 7.99. The van der Waals surface area contributed by atoms with Crippen molar-refractivity contribution in [3.8, 4) is 0 Å². The largest absolute Gasteiger partial charge is 0.286 e. The summed E-state index contributed by atoms with van der Waals surface area (Å²) >= 11 is 2.10. The van der Waals surface area contributed by atoms with Gasteiger partial charge in [-0.1, -0.05) is 45.1 Å². The number of unbranched alkanes of at least 4 members (excludes halogenated alkanes) is 5. The number of likely N-dealkylation sites (tertiary alicyclic amines) is 1. The summed E-state index contributed by atoms with van der Waals surface area (Å²) in [7, 11) is 0. The second-order valence-corrected chi connectivity index (χ2v) is 7.18. The molecule has 1 atom stereocenters. The zero-order chi connectivity index (χ0) is 14.8. The summed E-state index contributed by atoms with van der Waals surface area (Å²) in [5.74, 6) is 1.27. The van der Waals surface area contributed by atoms with Gasteiger partial charge in [0.1, 0.15) is 0 Å². The van der Waals surface area contributed by atoms with E-state index in [2.05, 4.69) is 40.7 Å². The maximum absolute atomic E-state index is 4.60. The van der Waals surface area contributed by atoms with E-state index in [0.29, 0.717) is 5.37 Å². The first-order valence-electron chi connectivity index (χ1n) is 8.68.